The number of aromatic nitrogens is 4. The lowest BCUT2D eigenvalue weighted by molar-refractivity contribution is 0.619. The minimum Gasteiger partial charge on any atom is -0.301 e. The molecule has 0 saturated carbocycles. The molecule has 27 heavy (non-hydrogen) atoms. The predicted molar refractivity (Wildman–Crippen MR) is 104 cm³/mol. The summed E-state index contributed by atoms with van der Waals surface area (Å²) in [7, 11) is 0. The fourth-order valence-electron chi connectivity index (χ4n) is 2.90. The number of benzene rings is 1. The zero-order chi connectivity index (χ0) is 19.4. The van der Waals surface area contributed by atoms with Gasteiger partial charge in [-0.3, -0.25) is 5.10 Å². The quantitative estimate of drug-likeness (QED) is 0.509. The lowest BCUT2D eigenvalue weighted by atomic mass is 10.0. The number of nitroso groups, excluding NO2 is 1. The van der Waals surface area contributed by atoms with Gasteiger partial charge in [-0.25, -0.2) is 9.37 Å². The summed E-state index contributed by atoms with van der Waals surface area (Å²) in [5, 5.41) is 10.1. The molecule has 4 aromatic rings. The molecule has 4 rings (SSSR count). The van der Waals surface area contributed by atoms with Crippen molar-refractivity contribution >= 4 is 5.65 Å². The second-order valence-electron chi connectivity index (χ2n) is 5.81. The van der Waals surface area contributed by atoms with Crippen LogP contribution in [-0.4, -0.2) is 19.6 Å². The van der Waals surface area contributed by atoms with Crippen LogP contribution in [0.25, 0.3) is 28.0 Å². The van der Waals surface area contributed by atoms with Crippen molar-refractivity contribution in [1.82, 2.24) is 19.6 Å². The molecule has 0 fully saturated rings. The van der Waals surface area contributed by atoms with Crippen LogP contribution in [0.4, 0.5) is 4.39 Å². The highest BCUT2D eigenvalue weighted by Gasteiger charge is 2.13. The van der Waals surface area contributed by atoms with Gasteiger partial charge < -0.3 is 4.40 Å². The molecule has 0 aliphatic carbocycles. The second-order valence-corrected chi connectivity index (χ2v) is 5.81. The molecule has 6 nitrogen and oxygen atoms in total. The molecular formula is C20H20FN5O. The van der Waals surface area contributed by atoms with Crippen LogP contribution in [0.1, 0.15) is 25.1 Å². The van der Waals surface area contributed by atoms with Crippen LogP contribution in [0, 0.1) is 17.6 Å². The van der Waals surface area contributed by atoms with Crippen LogP contribution in [0.15, 0.2) is 54.1 Å². The lowest BCUT2D eigenvalue weighted by Gasteiger charge is -2.07. The summed E-state index contributed by atoms with van der Waals surface area (Å²) in [6.45, 7) is 5.78. The van der Waals surface area contributed by atoms with Crippen molar-refractivity contribution < 1.29 is 4.39 Å². The van der Waals surface area contributed by atoms with Crippen LogP contribution in [-0.2, 0) is 6.54 Å². The molecule has 0 spiro atoms. The van der Waals surface area contributed by atoms with Crippen molar-refractivity contribution in [1.29, 1.82) is 0 Å². The Balaban J connectivity index is 0.00000102. The summed E-state index contributed by atoms with van der Waals surface area (Å²) in [6, 6.07) is 8.75. The van der Waals surface area contributed by atoms with Gasteiger partial charge in [-0.1, -0.05) is 19.0 Å². The first-order valence-corrected chi connectivity index (χ1v) is 8.73. The number of fused-ring (bicyclic) bond motifs is 1. The number of rotatable bonds is 4. The summed E-state index contributed by atoms with van der Waals surface area (Å²) in [5.74, 6) is -0.240. The molecule has 3 aromatic heterocycles. The van der Waals surface area contributed by atoms with E-state index in [-0.39, 0.29) is 12.4 Å². The first-order valence-electron chi connectivity index (χ1n) is 8.73. The molecule has 138 valence electrons. The summed E-state index contributed by atoms with van der Waals surface area (Å²) in [4.78, 5) is 14.9. The fraction of sp³-hybridized carbons (Fsp3) is 0.200. The van der Waals surface area contributed by atoms with Crippen molar-refractivity contribution in [3.05, 3.63) is 70.9 Å². The smallest absolute Gasteiger partial charge is 0.136 e. The average Bonchev–Trinajstić information content (AvgIpc) is 3.33. The van der Waals surface area contributed by atoms with Crippen molar-refractivity contribution in [2.45, 2.75) is 27.3 Å². The third kappa shape index (κ3) is 3.48. The Morgan fingerprint density at radius 3 is 2.67 bits per heavy atom. The van der Waals surface area contributed by atoms with Crippen LogP contribution in [0.3, 0.4) is 0 Å². The zero-order valence-corrected chi connectivity index (χ0v) is 15.4. The van der Waals surface area contributed by atoms with Gasteiger partial charge in [0.15, 0.2) is 0 Å². The van der Waals surface area contributed by atoms with E-state index in [2.05, 4.69) is 20.4 Å². The van der Waals surface area contributed by atoms with E-state index in [1.807, 2.05) is 36.6 Å². The standard InChI is InChI=1S/C18H14FN5O.C2H6/c1-11-6-12(2-4-16(11)19)18-15(9-21-23-18)13-3-5-17-20-7-14(8-22-25)24(17)10-13;1-2/h2-7,9-10H,8H2,1H3,(H,21,23);1-2H3. The van der Waals surface area contributed by atoms with E-state index in [1.54, 1.807) is 31.5 Å². The maximum Gasteiger partial charge on any atom is 0.136 e. The molecular weight excluding hydrogens is 345 g/mol. The zero-order valence-electron chi connectivity index (χ0n) is 15.4. The Morgan fingerprint density at radius 2 is 1.93 bits per heavy atom. The maximum atomic E-state index is 13.5. The highest BCUT2D eigenvalue weighted by atomic mass is 19.1. The van der Waals surface area contributed by atoms with Gasteiger partial charge in [0.2, 0.25) is 0 Å². The molecule has 0 atom stereocenters. The van der Waals surface area contributed by atoms with Crippen molar-refractivity contribution in [3.8, 4) is 22.4 Å². The number of imidazole rings is 1. The Bertz CT molecular complexity index is 1080. The van der Waals surface area contributed by atoms with Gasteiger partial charge in [0.25, 0.3) is 0 Å². The van der Waals surface area contributed by atoms with Crippen LogP contribution in [0.5, 0.6) is 0 Å². The molecule has 0 saturated heterocycles. The molecule has 0 radical (unpaired) electrons. The van der Waals surface area contributed by atoms with E-state index >= 15 is 0 Å². The van der Waals surface area contributed by atoms with Crippen molar-refractivity contribution in [2.24, 2.45) is 5.18 Å². The predicted octanol–water partition coefficient (Wildman–Crippen LogP) is 5.13. The molecule has 1 aromatic carbocycles. The molecule has 0 aliphatic heterocycles. The summed E-state index contributed by atoms with van der Waals surface area (Å²) in [5.41, 5.74) is 5.47. The van der Waals surface area contributed by atoms with Crippen LogP contribution in [0.2, 0.25) is 0 Å². The van der Waals surface area contributed by atoms with E-state index in [4.69, 9.17) is 0 Å². The van der Waals surface area contributed by atoms with E-state index < -0.39 is 0 Å². The Kier molecular flexibility index (Phi) is 5.40. The van der Waals surface area contributed by atoms with Gasteiger partial charge in [0, 0.05) is 22.9 Å². The number of hydrogen-bond acceptors (Lipinski definition) is 4. The minimum absolute atomic E-state index is 0.0556. The fourth-order valence-corrected chi connectivity index (χ4v) is 2.90. The number of pyridine rings is 1. The van der Waals surface area contributed by atoms with Gasteiger partial charge in [-0.2, -0.15) is 10.0 Å². The van der Waals surface area contributed by atoms with E-state index in [0.717, 1.165) is 33.7 Å². The highest BCUT2D eigenvalue weighted by Crippen LogP contribution is 2.31. The Hall–Kier alpha value is -3.35. The average molecular weight is 365 g/mol. The van der Waals surface area contributed by atoms with Gasteiger partial charge in [-0.05, 0) is 42.8 Å². The van der Waals surface area contributed by atoms with Crippen LogP contribution >= 0.6 is 0 Å². The first kappa shape index (κ1) is 18.4. The molecule has 0 amide bonds. The molecule has 1 N–H and O–H groups in total. The maximum absolute atomic E-state index is 13.5. The summed E-state index contributed by atoms with van der Waals surface area (Å²) in [6.07, 6.45) is 5.26. The molecule has 0 unspecified atom stereocenters. The largest absolute Gasteiger partial charge is 0.301 e. The topological polar surface area (TPSA) is 75.4 Å². The first-order chi connectivity index (χ1) is 13.2. The van der Waals surface area contributed by atoms with Gasteiger partial charge >= 0.3 is 0 Å². The number of hydrogen-bond donors (Lipinski definition) is 1. The molecule has 3 heterocycles. The van der Waals surface area contributed by atoms with E-state index in [0.29, 0.717) is 5.56 Å². The Morgan fingerprint density at radius 1 is 1.15 bits per heavy atom. The third-order valence-corrected chi connectivity index (χ3v) is 4.21. The highest BCUT2D eigenvalue weighted by molar-refractivity contribution is 5.80. The van der Waals surface area contributed by atoms with Crippen molar-refractivity contribution in [3.63, 3.8) is 0 Å². The van der Waals surface area contributed by atoms with Gasteiger partial charge in [-0.15, -0.1) is 0 Å². The van der Waals surface area contributed by atoms with Crippen molar-refractivity contribution in [2.75, 3.05) is 0 Å². The van der Waals surface area contributed by atoms with Crippen LogP contribution < -0.4 is 0 Å². The number of H-pyrrole nitrogens is 1. The third-order valence-electron chi connectivity index (χ3n) is 4.21. The lowest BCUT2D eigenvalue weighted by Crippen LogP contribution is -1.93. The summed E-state index contributed by atoms with van der Waals surface area (Å²) < 4.78 is 15.4. The van der Waals surface area contributed by atoms with E-state index in [9.17, 15) is 9.30 Å². The van der Waals surface area contributed by atoms with Gasteiger partial charge in [0.05, 0.1) is 23.8 Å². The number of aromatic amines is 1. The Labute approximate surface area is 156 Å². The minimum atomic E-state index is -0.240. The van der Waals surface area contributed by atoms with E-state index in [1.165, 1.54) is 6.07 Å². The number of aryl methyl sites for hydroxylation is 1. The molecule has 7 heteroatoms. The van der Waals surface area contributed by atoms with Gasteiger partial charge in [0.1, 0.15) is 18.0 Å². The monoisotopic (exact) mass is 365 g/mol. The number of nitrogens with zero attached hydrogens (tertiary/aromatic N) is 4. The number of halogens is 1. The number of nitrogens with one attached hydrogen (secondary N) is 1. The molecule has 0 aliphatic rings. The second kappa shape index (κ2) is 7.90. The SMILES string of the molecule is CC.Cc1cc(-c2[nH]ncc2-c2ccc3ncc(CN=O)n3c2)ccc1F. The summed E-state index contributed by atoms with van der Waals surface area (Å²) >= 11 is 0. The molecule has 0 bridgehead atoms. The normalized spacial score (nSPS) is 10.5.